The number of hydrogen-bond acceptors (Lipinski definition) is 3. The Bertz CT molecular complexity index is 216. The van der Waals surface area contributed by atoms with Crippen LogP contribution in [-0.4, -0.2) is 26.6 Å². The quantitative estimate of drug-likeness (QED) is 0.231. The van der Waals surface area contributed by atoms with Gasteiger partial charge in [-0.2, -0.15) is 0 Å². The Hall–Kier alpha value is -0.173. The van der Waals surface area contributed by atoms with Gasteiger partial charge in [0.25, 0.3) is 0 Å². The first-order valence-electron chi connectivity index (χ1n) is 5.09. The largest absolute Gasteiger partial charge is 0.415 e. The Morgan fingerprint density at radius 1 is 1.40 bits per heavy atom. The number of hydrogen-bond donors (Lipinski definition) is 3. The highest BCUT2D eigenvalue weighted by molar-refractivity contribution is 7.80. The molecule has 0 aromatic rings. The third-order valence-corrected chi connectivity index (χ3v) is 7.59. The van der Waals surface area contributed by atoms with Gasteiger partial charge in [0.05, 0.1) is 6.61 Å². The molecule has 0 saturated heterocycles. The van der Waals surface area contributed by atoms with Crippen LogP contribution in [0.1, 0.15) is 20.8 Å². The smallest absolute Gasteiger partial charge is 0.192 e. The highest BCUT2D eigenvalue weighted by atomic mass is 32.1. The summed E-state index contributed by atoms with van der Waals surface area (Å²) in [4.78, 5) is 0. The van der Waals surface area contributed by atoms with Crippen LogP contribution < -0.4 is 16.6 Å². The van der Waals surface area contributed by atoms with Gasteiger partial charge in [0, 0.05) is 6.54 Å². The lowest BCUT2D eigenvalue weighted by Gasteiger charge is -2.36. The summed E-state index contributed by atoms with van der Waals surface area (Å²) in [6, 6.07) is 0. The van der Waals surface area contributed by atoms with Crippen molar-refractivity contribution in [2.75, 3.05) is 13.2 Å². The fourth-order valence-corrected chi connectivity index (χ4v) is 1.89. The van der Waals surface area contributed by atoms with Crippen LogP contribution in [0.2, 0.25) is 18.1 Å². The van der Waals surface area contributed by atoms with Gasteiger partial charge in [-0.1, -0.05) is 20.8 Å². The van der Waals surface area contributed by atoms with Gasteiger partial charge in [0.1, 0.15) is 0 Å². The van der Waals surface area contributed by atoms with E-state index in [0.29, 0.717) is 18.3 Å². The van der Waals surface area contributed by atoms with E-state index in [1.807, 2.05) is 0 Å². The van der Waals surface area contributed by atoms with Crippen LogP contribution in [0, 0.1) is 0 Å². The van der Waals surface area contributed by atoms with Gasteiger partial charge in [0.15, 0.2) is 13.4 Å². The average molecular weight is 249 g/mol. The minimum absolute atomic E-state index is 0.250. The van der Waals surface area contributed by atoms with Crippen molar-refractivity contribution in [2.24, 2.45) is 5.84 Å². The van der Waals surface area contributed by atoms with Gasteiger partial charge in [-0.3, -0.25) is 0 Å². The maximum Gasteiger partial charge on any atom is 0.192 e. The monoisotopic (exact) mass is 249 g/mol. The Balaban J connectivity index is 3.82. The van der Waals surface area contributed by atoms with Crippen molar-refractivity contribution in [3.8, 4) is 0 Å². The summed E-state index contributed by atoms with van der Waals surface area (Å²) in [5, 5.41) is 3.65. The van der Waals surface area contributed by atoms with Crippen LogP contribution in [0.15, 0.2) is 0 Å². The number of hydrazine groups is 1. The Morgan fingerprint density at radius 3 is 2.33 bits per heavy atom. The second-order valence-corrected chi connectivity index (χ2v) is 10.2. The van der Waals surface area contributed by atoms with E-state index in [9.17, 15) is 0 Å². The standard InChI is InChI=1S/C9H23N3OSSi/c1-9(2,3)15(4,5)13-7-6-11-8(14)12-10/h6-7,10H2,1-5H3,(H2,11,12,14). The SMILES string of the molecule is CC(C)(C)[Si](C)(C)OCCNC(=S)NN. The van der Waals surface area contributed by atoms with E-state index in [2.05, 4.69) is 44.6 Å². The minimum Gasteiger partial charge on any atom is -0.415 e. The van der Waals surface area contributed by atoms with Crippen LogP contribution in [0.4, 0.5) is 0 Å². The lowest BCUT2D eigenvalue weighted by atomic mass is 10.2. The van der Waals surface area contributed by atoms with E-state index >= 15 is 0 Å². The summed E-state index contributed by atoms with van der Waals surface area (Å²) in [5.41, 5.74) is 2.37. The molecule has 4 nitrogen and oxygen atoms in total. The molecule has 0 aromatic carbocycles. The van der Waals surface area contributed by atoms with E-state index in [1.54, 1.807) is 0 Å². The van der Waals surface area contributed by atoms with E-state index in [1.165, 1.54) is 0 Å². The minimum atomic E-state index is -1.62. The predicted molar refractivity (Wildman–Crippen MR) is 71.1 cm³/mol. The molecule has 0 saturated carbocycles. The summed E-state index contributed by atoms with van der Waals surface area (Å²) in [5.74, 6) is 5.12. The molecule has 0 amide bonds. The highest BCUT2D eigenvalue weighted by Gasteiger charge is 2.36. The van der Waals surface area contributed by atoms with Gasteiger partial charge in [-0.25, -0.2) is 5.84 Å². The Morgan fingerprint density at radius 2 is 1.93 bits per heavy atom. The molecule has 0 aliphatic carbocycles. The second-order valence-electron chi connectivity index (χ2n) is 5.01. The van der Waals surface area contributed by atoms with Crippen molar-refractivity contribution >= 4 is 25.6 Å². The van der Waals surface area contributed by atoms with E-state index in [4.69, 9.17) is 22.5 Å². The first-order chi connectivity index (χ1) is 6.70. The number of rotatable bonds is 4. The van der Waals surface area contributed by atoms with Gasteiger partial charge >= 0.3 is 0 Å². The zero-order valence-corrected chi connectivity index (χ0v) is 12.1. The molecule has 90 valence electrons. The van der Waals surface area contributed by atoms with Crippen LogP contribution in [0.3, 0.4) is 0 Å². The average Bonchev–Trinajstić information content (AvgIpc) is 2.10. The number of nitrogens with two attached hydrogens (primary N) is 1. The van der Waals surface area contributed by atoms with Crippen molar-refractivity contribution in [3.63, 3.8) is 0 Å². The van der Waals surface area contributed by atoms with Crippen molar-refractivity contribution in [1.29, 1.82) is 0 Å². The van der Waals surface area contributed by atoms with Gasteiger partial charge in [-0.15, -0.1) is 0 Å². The molecule has 4 N–H and O–H groups in total. The van der Waals surface area contributed by atoms with Gasteiger partial charge < -0.3 is 15.2 Å². The third-order valence-electron chi connectivity index (χ3n) is 2.79. The summed E-state index contributed by atoms with van der Waals surface area (Å²) < 4.78 is 5.94. The van der Waals surface area contributed by atoms with Crippen LogP contribution in [0.25, 0.3) is 0 Å². The first-order valence-corrected chi connectivity index (χ1v) is 8.41. The fraction of sp³-hybridized carbons (Fsp3) is 0.889. The summed E-state index contributed by atoms with van der Waals surface area (Å²) >= 11 is 4.84. The molecule has 0 aliphatic rings. The normalized spacial score (nSPS) is 12.4. The summed E-state index contributed by atoms with van der Waals surface area (Å²) in [7, 11) is -1.62. The predicted octanol–water partition coefficient (Wildman–Crippen LogP) is 1.35. The molecule has 15 heavy (non-hydrogen) atoms. The van der Waals surface area contributed by atoms with Crippen molar-refractivity contribution in [1.82, 2.24) is 10.7 Å². The van der Waals surface area contributed by atoms with Gasteiger partial charge in [-0.05, 0) is 30.4 Å². The molecule has 0 radical (unpaired) electrons. The summed E-state index contributed by atoms with van der Waals surface area (Å²) in [6.07, 6.45) is 0. The molecule has 0 aliphatic heterocycles. The topological polar surface area (TPSA) is 59.3 Å². The molecule has 6 heteroatoms. The van der Waals surface area contributed by atoms with Gasteiger partial charge in [0.2, 0.25) is 0 Å². The molecule has 0 bridgehead atoms. The molecule has 0 heterocycles. The maximum absolute atomic E-state index is 5.94. The molecular formula is C9H23N3OSSi. The van der Waals surface area contributed by atoms with E-state index in [0.717, 1.165) is 0 Å². The first kappa shape index (κ1) is 14.8. The number of thiocarbonyl (C=S) groups is 1. The highest BCUT2D eigenvalue weighted by Crippen LogP contribution is 2.36. The lowest BCUT2D eigenvalue weighted by molar-refractivity contribution is 0.292. The van der Waals surface area contributed by atoms with E-state index in [-0.39, 0.29) is 5.04 Å². The summed E-state index contributed by atoms with van der Waals surface area (Å²) in [6.45, 7) is 12.5. The fourth-order valence-electron chi connectivity index (χ4n) is 0.738. The van der Waals surface area contributed by atoms with Crippen molar-refractivity contribution < 1.29 is 4.43 Å². The molecule has 0 atom stereocenters. The molecule has 0 unspecified atom stereocenters. The zero-order valence-electron chi connectivity index (χ0n) is 10.3. The number of nitrogens with one attached hydrogen (secondary N) is 2. The third kappa shape index (κ3) is 5.46. The van der Waals surface area contributed by atoms with E-state index < -0.39 is 8.32 Å². The second kappa shape index (κ2) is 5.79. The Labute approximate surface area is 99.0 Å². The zero-order chi connectivity index (χ0) is 12.1. The Kier molecular flexibility index (Phi) is 5.72. The van der Waals surface area contributed by atoms with Crippen LogP contribution >= 0.6 is 12.2 Å². The van der Waals surface area contributed by atoms with Crippen LogP contribution in [0.5, 0.6) is 0 Å². The molecule has 0 spiro atoms. The molecular weight excluding hydrogens is 226 g/mol. The lowest BCUT2D eigenvalue weighted by Crippen LogP contribution is -2.45. The van der Waals surface area contributed by atoms with Crippen LogP contribution in [-0.2, 0) is 4.43 Å². The molecule has 0 aromatic heterocycles. The van der Waals surface area contributed by atoms with Crippen molar-refractivity contribution in [2.45, 2.75) is 38.9 Å². The van der Waals surface area contributed by atoms with Crippen molar-refractivity contribution in [3.05, 3.63) is 0 Å². The molecule has 0 rings (SSSR count). The molecule has 0 fully saturated rings. The maximum atomic E-state index is 5.94.